The number of hydrogen-bond donors (Lipinski definition) is 1. The molecular formula is C16H24N2O. The van der Waals surface area contributed by atoms with E-state index >= 15 is 0 Å². The summed E-state index contributed by atoms with van der Waals surface area (Å²) in [6, 6.07) is 10.3. The van der Waals surface area contributed by atoms with Crippen molar-refractivity contribution in [1.82, 2.24) is 5.43 Å². The van der Waals surface area contributed by atoms with E-state index in [0.29, 0.717) is 6.42 Å². The van der Waals surface area contributed by atoms with E-state index in [-0.39, 0.29) is 5.91 Å². The molecule has 0 bridgehead atoms. The van der Waals surface area contributed by atoms with Gasteiger partial charge in [-0.25, -0.2) is 5.43 Å². The monoisotopic (exact) mass is 260 g/mol. The first-order valence-corrected chi connectivity index (χ1v) is 7.17. The van der Waals surface area contributed by atoms with Gasteiger partial charge >= 0.3 is 0 Å². The average molecular weight is 260 g/mol. The zero-order valence-electron chi connectivity index (χ0n) is 11.8. The van der Waals surface area contributed by atoms with Gasteiger partial charge in [0.25, 0.3) is 0 Å². The standard InChI is InChI=1S/C16H24N2O/c1-2-3-4-8-13-16(19)18-17-14-9-12-15-10-6-5-7-11-15/h5-7,10-11,14H,2-4,8-9,12-13H2,1H3,(H,18,19). The maximum absolute atomic E-state index is 11.4. The smallest absolute Gasteiger partial charge is 0.240 e. The number of benzene rings is 1. The Labute approximate surface area is 116 Å². The molecule has 0 saturated carbocycles. The van der Waals surface area contributed by atoms with Gasteiger partial charge in [0.2, 0.25) is 5.91 Å². The minimum Gasteiger partial charge on any atom is -0.273 e. The van der Waals surface area contributed by atoms with Crippen LogP contribution < -0.4 is 5.43 Å². The Morgan fingerprint density at radius 1 is 1.21 bits per heavy atom. The largest absolute Gasteiger partial charge is 0.273 e. The molecule has 1 aromatic rings. The average Bonchev–Trinajstić information content (AvgIpc) is 2.44. The van der Waals surface area contributed by atoms with Crippen LogP contribution in [0.4, 0.5) is 0 Å². The number of carbonyl (C=O) groups excluding carboxylic acids is 1. The van der Waals surface area contributed by atoms with Crippen LogP contribution in [0.25, 0.3) is 0 Å². The van der Waals surface area contributed by atoms with E-state index in [9.17, 15) is 4.79 Å². The van der Waals surface area contributed by atoms with Crippen LogP contribution in [0.2, 0.25) is 0 Å². The SMILES string of the molecule is CCCCCCC(=O)NN=CCCc1ccccc1. The van der Waals surface area contributed by atoms with Crippen LogP contribution in [-0.4, -0.2) is 12.1 Å². The van der Waals surface area contributed by atoms with E-state index < -0.39 is 0 Å². The Hall–Kier alpha value is -1.64. The molecule has 0 atom stereocenters. The fourth-order valence-corrected chi connectivity index (χ4v) is 1.83. The number of nitrogens with zero attached hydrogens (tertiary/aromatic N) is 1. The molecule has 3 nitrogen and oxygen atoms in total. The predicted octanol–water partition coefficient (Wildman–Crippen LogP) is 3.69. The van der Waals surface area contributed by atoms with Crippen molar-refractivity contribution >= 4 is 12.1 Å². The van der Waals surface area contributed by atoms with E-state index in [0.717, 1.165) is 25.7 Å². The molecule has 104 valence electrons. The quantitative estimate of drug-likeness (QED) is 0.410. The Kier molecular flexibility index (Phi) is 8.36. The summed E-state index contributed by atoms with van der Waals surface area (Å²) in [5.41, 5.74) is 3.87. The first-order valence-electron chi connectivity index (χ1n) is 7.17. The Morgan fingerprint density at radius 2 is 2.00 bits per heavy atom. The molecule has 0 aliphatic rings. The highest BCUT2D eigenvalue weighted by molar-refractivity contribution is 5.76. The third kappa shape index (κ3) is 8.14. The van der Waals surface area contributed by atoms with Gasteiger partial charge in [-0.15, -0.1) is 0 Å². The van der Waals surface area contributed by atoms with Crippen molar-refractivity contribution in [2.24, 2.45) is 5.10 Å². The van der Waals surface area contributed by atoms with Crippen LogP contribution in [-0.2, 0) is 11.2 Å². The molecule has 1 N–H and O–H groups in total. The molecular weight excluding hydrogens is 236 g/mol. The second-order valence-corrected chi connectivity index (χ2v) is 4.68. The third-order valence-electron chi connectivity index (χ3n) is 2.94. The normalized spacial score (nSPS) is 10.8. The summed E-state index contributed by atoms with van der Waals surface area (Å²) in [5.74, 6) is 0.0204. The van der Waals surface area contributed by atoms with Gasteiger partial charge < -0.3 is 0 Å². The van der Waals surface area contributed by atoms with E-state index in [1.54, 1.807) is 6.21 Å². The van der Waals surface area contributed by atoms with Gasteiger partial charge in [-0.2, -0.15) is 5.10 Å². The van der Waals surface area contributed by atoms with Crippen molar-refractivity contribution in [2.45, 2.75) is 51.9 Å². The molecule has 1 rings (SSSR count). The van der Waals surface area contributed by atoms with Gasteiger partial charge in [0.05, 0.1) is 0 Å². The van der Waals surface area contributed by atoms with Gasteiger partial charge in [0.1, 0.15) is 0 Å². The topological polar surface area (TPSA) is 41.5 Å². The number of amides is 1. The molecule has 0 heterocycles. The third-order valence-corrected chi connectivity index (χ3v) is 2.94. The molecule has 3 heteroatoms. The molecule has 0 spiro atoms. The minimum atomic E-state index is 0.0204. The Balaban J connectivity index is 2.05. The molecule has 1 aromatic carbocycles. The van der Waals surface area contributed by atoms with Gasteiger partial charge in [-0.05, 0) is 24.8 Å². The molecule has 1 amide bonds. The summed E-state index contributed by atoms with van der Waals surface area (Å²) in [5, 5.41) is 3.96. The van der Waals surface area contributed by atoms with Crippen LogP contribution >= 0.6 is 0 Å². The molecule has 0 aliphatic carbocycles. The highest BCUT2D eigenvalue weighted by Crippen LogP contribution is 2.02. The summed E-state index contributed by atoms with van der Waals surface area (Å²) in [6.45, 7) is 2.16. The minimum absolute atomic E-state index is 0.0204. The van der Waals surface area contributed by atoms with Gasteiger partial charge in [-0.3, -0.25) is 4.79 Å². The molecule has 0 aromatic heterocycles. The van der Waals surface area contributed by atoms with E-state index in [1.807, 2.05) is 18.2 Å². The number of unbranched alkanes of at least 4 members (excludes halogenated alkanes) is 3. The van der Waals surface area contributed by atoms with Crippen LogP contribution in [0.1, 0.15) is 51.0 Å². The van der Waals surface area contributed by atoms with Crippen molar-refractivity contribution in [1.29, 1.82) is 0 Å². The Bertz CT molecular complexity index is 374. The number of nitrogens with one attached hydrogen (secondary N) is 1. The van der Waals surface area contributed by atoms with E-state index in [2.05, 4.69) is 29.6 Å². The summed E-state index contributed by atoms with van der Waals surface area (Å²) >= 11 is 0. The van der Waals surface area contributed by atoms with Crippen molar-refractivity contribution in [3.63, 3.8) is 0 Å². The lowest BCUT2D eigenvalue weighted by Gasteiger charge is -1.99. The first kappa shape index (κ1) is 15.4. The number of carbonyl (C=O) groups is 1. The van der Waals surface area contributed by atoms with E-state index in [4.69, 9.17) is 0 Å². The van der Waals surface area contributed by atoms with Crippen molar-refractivity contribution in [3.05, 3.63) is 35.9 Å². The number of hydrogen-bond acceptors (Lipinski definition) is 2. The maximum atomic E-state index is 11.4. The zero-order valence-corrected chi connectivity index (χ0v) is 11.8. The molecule has 0 fully saturated rings. The fraction of sp³-hybridized carbons (Fsp3) is 0.500. The second-order valence-electron chi connectivity index (χ2n) is 4.68. The van der Waals surface area contributed by atoms with Gasteiger partial charge in [-0.1, -0.05) is 56.5 Å². The van der Waals surface area contributed by atoms with Gasteiger partial charge in [0.15, 0.2) is 0 Å². The zero-order chi connectivity index (χ0) is 13.8. The van der Waals surface area contributed by atoms with Crippen LogP contribution in [0, 0.1) is 0 Å². The molecule has 0 radical (unpaired) electrons. The maximum Gasteiger partial charge on any atom is 0.240 e. The van der Waals surface area contributed by atoms with Gasteiger partial charge in [0, 0.05) is 12.6 Å². The van der Waals surface area contributed by atoms with Crippen molar-refractivity contribution in [3.8, 4) is 0 Å². The number of hydrazone groups is 1. The number of aryl methyl sites for hydroxylation is 1. The molecule has 0 aliphatic heterocycles. The lowest BCUT2D eigenvalue weighted by atomic mass is 10.1. The summed E-state index contributed by atoms with van der Waals surface area (Å²) in [6.07, 6.45) is 8.64. The number of rotatable bonds is 9. The van der Waals surface area contributed by atoms with Crippen LogP contribution in [0.3, 0.4) is 0 Å². The van der Waals surface area contributed by atoms with Crippen LogP contribution in [0.5, 0.6) is 0 Å². The second kappa shape index (κ2) is 10.3. The van der Waals surface area contributed by atoms with Crippen LogP contribution in [0.15, 0.2) is 35.4 Å². The summed E-state index contributed by atoms with van der Waals surface area (Å²) < 4.78 is 0. The summed E-state index contributed by atoms with van der Waals surface area (Å²) in [4.78, 5) is 11.4. The fourth-order valence-electron chi connectivity index (χ4n) is 1.83. The van der Waals surface area contributed by atoms with Crippen molar-refractivity contribution in [2.75, 3.05) is 0 Å². The predicted molar refractivity (Wildman–Crippen MR) is 80.2 cm³/mol. The first-order chi connectivity index (χ1) is 9.33. The lowest BCUT2D eigenvalue weighted by Crippen LogP contribution is -2.16. The molecule has 0 saturated heterocycles. The molecule has 19 heavy (non-hydrogen) atoms. The summed E-state index contributed by atoms with van der Waals surface area (Å²) in [7, 11) is 0. The van der Waals surface area contributed by atoms with E-state index in [1.165, 1.54) is 18.4 Å². The molecule has 0 unspecified atom stereocenters. The highest BCUT2D eigenvalue weighted by atomic mass is 16.2. The van der Waals surface area contributed by atoms with Crippen molar-refractivity contribution < 1.29 is 4.79 Å². The highest BCUT2D eigenvalue weighted by Gasteiger charge is 1.98. The Morgan fingerprint density at radius 3 is 2.74 bits per heavy atom. The lowest BCUT2D eigenvalue weighted by molar-refractivity contribution is -0.121.